The van der Waals surface area contributed by atoms with Crippen LogP contribution < -0.4 is 5.73 Å². The van der Waals surface area contributed by atoms with E-state index in [4.69, 9.17) is 5.73 Å². The van der Waals surface area contributed by atoms with Crippen molar-refractivity contribution in [1.82, 2.24) is 0 Å². The lowest BCUT2D eigenvalue weighted by molar-refractivity contribution is 0.575. The first-order valence-corrected chi connectivity index (χ1v) is 5.91. The van der Waals surface area contributed by atoms with E-state index in [9.17, 15) is 13.2 Å². The molecule has 0 fully saturated rings. The summed E-state index contributed by atoms with van der Waals surface area (Å²) in [6.45, 7) is 1.77. The summed E-state index contributed by atoms with van der Waals surface area (Å²) in [4.78, 5) is 0. The zero-order valence-electron chi connectivity index (χ0n) is 10.5. The Morgan fingerprint density at radius 1 is 0.895 bits per heavy atom. The zero-order chi connectivity index (χ0) is 14.0. The summed E-state index contributed by atoms with van der Waals surface area (Å²) < 4.78 is 39.4. The van der Waals surface area contributed by atoms with Crippen molar-refractivity contribution < 1.29 is 13.2 Å². The summed E-state index contributed by atoms with van der Waals surface area (Å²) in [5, 5.41) is 0. The lowest BCUT2D eigenvalue weighted by Gasteiger charge is -2.13. The topological polar surface area (TPSA) is 26.0 Å². The van der Waals surface area contributed by atoms with Gasteiger partial charge in [0, 0.05) is 12.1 Å². The second-order valence-corrected chi connectivity index (χ2v) is 4.65. The van der Waals surface area contributed by atoms with Crippen LogP contribution in [0.25, 0.3) is 0 Å². The highest BCUT2D eigenvalue weighted by Crippen LogP contribution is 2.20. The number of nitrogens with two attached hydrogens (primary N) is 1. The second kappa shape index (κ2) is 5.45. The van der Waals surface area contributed by atoms with Crippen molar-refractivity contribution in [3.05, 3.63) is 70.5 Å². The molecule has 1 unspecified atom stereocenters. The maximum Gasteiger partial charge on any atom is 0.126 e. The van der Waals surface area contributed by atoms with Gasteiger partial charge in [0.15, 0.2) is 0 Å². The van der Waals surface area contributed by atoms with Crippen LogP contribution in [-0.2, 0) is 6.42 Å². The van der Waals surface area contributed by atoms with Gasteiger partial charge >= 0.3 is 0 Å². The molecule has 1 nitrogen and oxygen atoms in total. The predicted molar refractivity (Wildman–Crippen MR) is 68.1 cm³/mol. The summed E-state index contributed by atoms with van der Waals surface area (Å²) in [6, 6.07) is 7.27. The maximum atomic E-state index is 13.3. The van der Waals surface area contributed by atoms with Crippen molar-refractivity contribution in [3.63, 3.8) is 0 Å². The van der Waals surface area contributed by atoms with Gasteiger partial charge in [0.25, 0.3) is 0 Å². The molecular formula is C15H14F3N. The molecule has 0 saturated carbocycles. The van der Waals surface area contributed by atoms with Crippen LogP contribution in [0, 0.1) is 24.4 Å². The van der Waals surface area contributed by atoms with Crippen molar-refractivity contribution in [1.29, 1.82) is 0 Å². The van der Waals surface area contributed by atoms with Gasteiger partial charge in [-0.15, -0.1) is 0 Å². The van der Waals surface area contributed by atoms with E-state index in [2.05, 4.69) is 0 Å². The molecule has 0 aliphatic carbocycles. The van der Waals surface area contributed by atoms with Crippen LogP contribution in [0.2, 0.25) is 0 Å². The summed E-state index contributed by atoms with van der Waals surface area (Å²) in [6.07, 6.45) is 0.248. The molecule has 0 aromatic heterocycles. The van der Waals surface area contributed by atoms with Gasteiger partial charge in [-0.1, -0.05) is 6.07 Å². The van der Waals surface area contributed by atoms with Crippen molar-refractivity contribution in [2.75, 3.05) is 0 Å². The maximum absolute atomic E-state index is 13.3. The average molecular weight is 265 g/mol. The predicted octanol–water partition coefficient (Wildman–Crippen LogP) is 3.65. The van der Waals surface area contributed by atoms with E-state index in [1.54, 1.807) is 13.0 Å². The highest BCUT2D eigenvalue weighted by atomic mass is 19.1. The molecule has 2 aromatic carbocycles. The van der Waals surface area contributed by atoms with Crippen molar-refractivity contribution >= 4 is 0 Å². The molecule has 2 rings (SSSR count). The number of aryl methyl sites for hydroxylation is 1. The van der Waals surface area contributed by atoms with E-state index in [0.29, 0.717) is 11.1 Å². The number of rotatable bonds is 3. The minimum Gasteiger partial charge on any atom is -0.324 e. The van der Waals surface area contributed by atoms with Gasteiger partial charge in [-0.2, -0.15) is 0 Å². The van der Waals surface area contributed by atoms with Crippen LogP contribution >= 0.6 is 0 Å². The van der Waals surface area contributed by atoms with Gasteiger partial charge < -0.3 is 5.73 Å². The van der Waals surface area contributed by atoms with Gasteiger partial charge in [-0.05, 0) is 54.3 Å². The Hall–Kier alpha value is -1.81. The van der Waals surface area contributed by atoms with Gasteiger partial charge in [0.05, 0.1) is 0 Å². The van der Waals surface area contributed by atoms with E-state index >= 15 is 0 Å². The van der Waals surface area contributed by atoms with E-state index in [0.717, 1.165) is 11.6 Å². The number of hydrogen-bond acceptors (Lipinski definition) is 1. The normalized spacial score (nSPS) is 12.5. The molecule has 19 heavy (non-hydrogen) atoms. The molecule has 2 N–H and O–H groups in total. The quantitative estimate of drug-likeness (QED) is 0.900. The smallest absolute Gasteiger partial charge is 0.126 e. The molecule has 0 aliphatic heterocycles. The van der Waals surface area contributed by atoms with Crippen molar-refractivity contribution in [2.24, 2.45) is 5.73 Å². The number of hydrogen-bond donors (Lipinski definition) is 1. The Balaban J connectivity index is 2.22. The van der Waals surface area contributed by atoms with E-state index < -0.39 is 17.7 Å². The lowest BCUT2D eigenvalue weighted by atomic mass is 9.98. The fraction of sp³-hybridized carbons (Fsp3) is 0.200. The first-order valence-electron chi connectivity index (χ1n) is 5.91. The lowest BCUT2D eigenvalue weighted by Crippen LogP contribution is -2.14. The summed E-state index contributed by atoms with van der Waals surface area (Å²) in [7, 11) is 0. The van der Waals surface area contributed by atoms with Crippen LogP contribution in [0.15, 0.2) is 36.4 Å². The van der Waals surface area contributed by atoms with E-state index in [1.807, 2.05) is 0 Å². The molecule has 100 valence electrons. The van der Waals surface area contributed by atoms with Gasteiger partial charge in [-0.25, -0.2) is 13.2 Å². The molecule has 0 spiro atoms. The van der Waals surface area contributed by atoms with Crippen LogP contribution in [0.3, 0.4) is 0 Å². The van der Waals surface area contributed by atoms with Crippen LogP contribution in [-0.4, -0.2) is 0 Å². The largest absolute Gasteiger partial charge is 0.324 e. The molecule has 0 amide bonds. The van der Waals surface area contributed by atoms with Gasteiger partial charge in [-0.3, -0.25) is 0 Å². The minimum atomic E-state index is -0.641. The first kappa shape index (κ1) is 13.6. The van der Waals surface area contributed by atoms with Crippen LogP contribution in [0.4, 0.5) is 13.2 Å². The van der Waals surface area contributed by atoms with E-state index in [-0.39, 0.29) is 12.2 Å². The standard InChI is InChI=1S/C15H14F3N/c1-9-2-11(7-12(16)3-9)15(19)6-10-4-13(17)8-14(18)5-10/h2-5,7-8,15H,6,19H2,1H3. The Morgan fingerprint density at radius 2 is 1.47 bits per heavy atom. The van der Waals surface area contributed by atoms with Crippen LogP contribution in [0.1, 0.15) is 22.7 Å². The second-order valence-electron chi connectivity index (χ2n) is 4.65. The summed E-state index contributed by atoms with van der Waals surface area (Å²) in [5.74, 6) is -1.65. The Bertz CT molecular complexity index is 555. The molecule has 0 saturated heterocycles. The first-order chi connectivity index (χ1) is 8.94. The van der Waals surface area contributed by atoms with Crippen molar-refractivity contribution in [2.45, 2.75) is 19.4 Å². The Kier molecular flexibility index (Phi) is 3.90. The fourth-order valence-corrected chi connectivity index (χ4v) is 2.08. The van der Waals surface area contributed by atoms with Crippen LogP contribution in [0.5, 0.6) is 0 Å². The molecule has 4 heteroatoms. The summed E-state index contributed by atoms with van der Waals surface area (Å²) >= 11 is 0. The molecule has 1 atom stereocenters. The monoisotopic (exact) mass is 265 g/mol. The van der Waals surface area contributed by atoms with Crippen molar-refractivity contribution in [3.8, 4) is 0 Å². The van der Waals surface area contributed by atoms with E-state index in [1.165, 1.54) is 24.3 Å². The Morgan fingerprint density at radius 3 is 2.05 bits per heavy atom. The minimum absolute atomic E-state index is 0.248. The highest BCUT2D eigenvalue weighted by Gasteiger charge is 2.10. The molecule has 0 bridgehead atoms. The number of benzene rings is 2. The molecule has 0 heterocycles. The van der Waals surface area contributed by atoms with Gasteiger partial charge in [0.2, 0.25) is 0 Å². The highest BCUT2D eigenvalue weighted by molar-refractivity contribution is 5.28. The Labute approximate surface area is 109 Å². The third-order valence-corrected chi connectivity index (χ3v) is 2.87. The zero-order valence-corrected chi connectivity index (χ0v) is 10.5. The molecule has 0 radical (unpaired) electrons. The van der Waals surface area contributed by atoms with Gasteiger partial charge in [0.1, 0.15) is 17.5 Å². The molecule has 2 aromatic rings. The average Bonchev–Trinajstić information content (AvgIpc) is 2.25. The molecular weight excluding hydrogens is 251 g/mol. The molecule has 0 aliphatic rings. The summed E-state index contributed by atoms with van der Waals surface area (Å²) in [5.41, 5.74) is 7.78. The third-order valence-electron chi connectivity index (χ3n) is 2.87. The third kappa shape index (κ3) is 3.58. The fourth-order valence-electron chi connectivity index (χ4n) is 2.08. The SMILES string of the molecule is Cc1cc(F)cc(C(N)Cc2cc(F)cc(F)c2)c1. The number of halogens is 3.